The van der Waals surface area contributed by atoms with Crippen molar-refractivity contribution >= 4 is 12.0 Å². The number of carbonyl (C=O) groups is 2. The van der Waals surface area contributed by atoms with E-state index >= 15 is 0 Å². The van der Waals surface area contributed by atoms with Crippen molar-refractivity contribution in [3.8, 4) is 0 Å². The summed E-state index contributed by atoms with van der Waals surface area (Å²) >= 11 is 0. The molecular formula is C15H22N4O3. The minimum Gasteiger partial charge on any atom is -0.447 e. The first-order valence-electron chi connectivity index (χ1n) is 7.67. The predicted molar refractivity (Wildman–Crippen MR) is 79.4 cm³/mol. The highest BCUT2D eigenvalue weighted by Crippen LogP contribution is 2.19. The minimum absolute atomic E-state index is 0.0204. The number of hydrogen-bond acceptors (Lipinski definition) is 4. The molecule has 2 aliphatic heterocycles. The molecule has 1 atom stereocenters. The van der Waals surface area contributed by atoms with Crippen LogP contribution in [0.1, 0.15) is 23.4 Å². The van der Waals surface area contributed by atoms with Crippen molar-refractivity contribution in [3.63, 3.8) is 0 Å². The molecule has 2 fully saturated rings. The zero-order valence-corrected chi connectivity index (χ0v) is 13.3. The van der Waals surface area contributed by atoms with Gasteiger partial charge < -0.3 is 9.64 Å². The molecule has 1 aromatic rings. The van der Waals surface area contributed by atoms with Crippen LogP contribution in [0, 0.1) is 13.8 Å². The van der Waals surface area contributed by atoms with Gasteiger partial charge in [0.1, 0.15) is 6.61 Å². The van der Waals surface area contributed by atoms with Gasteiger partial charge in [0.25, 0.3) is 0 Å². The molecule has 0 saturated carbocycles. The van der Waals surface area contributed by atoms with Gasteiger partial charge in [0, 0.05) is 38.8 Å². The highest BCUT2D eigenvalue weighted by molar-refractivity contribution is 5.77. The Morgan fingerprint density at radius 3 is 2.82 bits per heavy atom. The van der Waals surface area contributed by atoms with E-state index in [-0.39, 0.29) is 18.0 Å². The van der Waals surface area contributed by atoms with Crippen LogP contribution in [0.5, 0.6) is 0 Å². The molecule has 22 heavy (non-hydrogen) atoms. The quantitative estimate of drug-likeness (QED) is 0.821. The predicted octanol–water partition coefficient (Wildman–Crippen LogP) is 0.633. The Morgan fingerprint density at radius 1 is 1.36 bits per heavy atom. The summed E-state index contributed by atoms with van der Waals surface area (Å²) in [6.07, 6.45) is 0.943. The van der Waals surface area contributed by atoms with Crippen LogP contribution in [0.4, 0.5) is 4.79 Å². The van der Waals surface area contributed by atoms with Gasteiger partial charge in [-0.25, -0.2) is 4.79 Å². The van der Waals surface area contributed by atoms with E-state index in [4.69, 9.17) is 4.74 Å². The molecule has 7 heteroatoms. The second-order valence-electron chi connectivity index (χ2n) is 6.04. The van der Waals surface area contributed by atoms with E-state index in [0.29, 0.717) is 39.1 Å². The number of fused-ring (bicyclic) bond motifs is 1. The second kappa shape index (κ2) is 5.62. The summed E-state index contributed by atoms with van der Waals surface area (Å²) in [5, 5.41) is 4.38. The number of rotatable bonds is 3. The van der Waals surface area contributed by atoms with Crippen molar-refractivity contribution in [1.82, 2.24) is 19.6 Å². The Bertz CT molecular complexity index is 610. The van der Waals surface area contributed by atoms with Crippen LogP contribution in [-0.2, 0) is 23.0 Å². The van der Waals surface area contributed by atoms with Gasteiger partial charge in [0.15, 0.2) is 0 Å². The maximum absolute atomic E-state index is 12.4. The normalized spacial score (nSPS) is 21.0. The summed E-state index contributed by atoms with van der Waals surface area (Å²) < 4.78 is 6.89. The fourth-order valence-corrected chi connectivity index (χ4v) is 3.28. The molecule has 2 amide bonds. The topological polar surface area (TPSA) is 67.7 Å². The van der Waals surface area contributed by atoms with E-state index in [9.17, 15) is 9.59 Å². The summed E-state index contributed by atoms with van der Waals surface area (Å²) in [4.78, 5) is 27.5. The molecule has 0 N–H and O–H groups in total. The number of cyclic esters (lactones) is 1. The molecule has 0 aliphatic carbocycles. The van der Waals surface area contributed by atoms with E-state index in [1.54, 1.807) is 4.90 Å². The lowest BCUT2D eigenvalue weighted by atomic mass is 10.1. The molecule has 7 nitrogen and oxygen atoms in total. The van der Waals surface area contributed by atoms with Crippen LogP contribution in [0.2, 0.25) is 0 Å². The molecule has 3 rings (SSSR count). The monoisotopic (exact) mass is 306 g/mol. The van der Waals surface area contributed by atoms with Gasteiger partial charge >= 0.3 is 6.09 Å². The lowest BCUT2D eigenvalue weighted by Gasteiger charge is -2.35. The van der Waals surface area contributed by atoms with Crippen molar-refractivity contribution < 1.29 is 14.3 Å². The molecule has 1 aromatic heterocycles. The lowest BCUT2D eigenvalue weighted by Crippen LogP contribution is -2.53. The maximum Gasteiger partial charge on any atom is 0.410 e. The number of amides is 2. The third-order valence-electron chi connectivity index (χ3n) is 4.72. The first-order chi connectivity index (χ1) is 10.5. The van der Waals surface area contributed by atoms with Crippen LogP contribution in [-0.4, -0.2) is 63.9 Å². The van der Waals surface area contributed by atoms with Crippen molar-refractivity contribution in [2.45, 2.75) is 32.7 Å². The van der Waals surface area contributed by atoms with E-state index < -0.39 is 0 Å². The molecule has 0 aromatic carbocycles. The Morgan fingerprint density at radius 2 is 2.14 bits per heavy atom. The number of carbonyl (C=O) groups excluding carboxylic acids is 2. The number of nitrogens with zero attached hydrogens (tertiary/aromatic N) is 4. The highest BCUT2D eigenvalue weighted by atomic mass is 16.6. The van der Waals surface area contributed by atoms with Crippen LogP contribution in [0.25, 0.3) is 0 Å². The van der Waals surface area contributed by atoms with Gasteiger partial charge in [-0.2, -0.15) is 5.10 Å². The number of aromatic nitrogens is 2. The van der Waals surface area contributed by atoms with Gasteiger partial charge in [-0.1, -0.05) is 0 Å². The zero-order chi connectivity index (χ0) is 15.9. The third kappa shape index (κ3) is 2.55. The molecule has 2 saturated heterocycles. The van der Waals surface area contributed by atoms with Gasteiger partial charge in [-0.05, 0) is 25.8 Å². The smallest absolute Gasteiger partial charge is 0.410 e. The number of hydrogen-bond donors (Lipinski definition) is 0. The number of piperazine rings is 1. The Labute approximate surface area is 129 Å². The van der Waals surface area contributed by atoms with Gasteiger partial charge in [0.05, 0.1) is 11.7 Å². The largest absolute Gasteiger partial charge is 0.447 e. The number of aryl methyl sites for hydroxylation is 2. The van der Waals surface area contributed by atoms with Crippen LogP contribution >= 0.6 is 0 Å². The van der Waals surface area contributed by atoms with Gasteiger partial charge in [-0.15, -0.1) is 0 Å². The zero-order valence-electron chi connectivity index (χ0n) is 13.3. The molecule has 0 bridgehead atoms. The average molecular weight is 306 g/mol. The second-order valence-corrected chi connectivity index (χ2v) is 6.04. The lowest BCUT2D eigenvalue weighted by molar-refractivity contribution is -0.133. The highest BCUT2D eigenvalue weighted by Gasteiger charge is 2.38. The summed E-state index contributed by atoms with van der Waals surface area (Å²) in [7, 11) is 1.92. The minimum atomic E-state index is -0.251. The molecule has 3 heterocycles. The summed E-state index contributed by atoms with van der Waals surface area (Å²) in [6, 6.07) is 0.0204. The van der Waals surface area contributed by atoms with E-state index in [1.165, 1.54) is 0 Å². The van der Waals surface area contributed by atoms with Crippen LogP contribution in [0.3, 0.4) is 0 Å². The van der Waals surface area contributed by atoms with Crippen LogP contribution < -0.4 is 0 Å². The standard InChI is InChI=1S/C15H22N4O3/c1-10-13(11(2)17(3)16-10)4-5-14(20)18-6-7-19-12(8-18)9-22-15(19)21/h12H,4-9H2,1-3H3. The first-order valence-corrected chi connectivity index (χ1v) is 7.67. The van der Waals surface area contributed by atoms with Crippen LogP contribution in [0.15, 0.2) is 0 Å². The molecule has 0 radical (unpaired) electrons. The maximum atomic E-state index is 12.4. The number of ether oxygens (including phenoxy) is 1. The van der Waals surface area contributed by atoms with E-state index in [0.717, 1.165) is 17.0 Å². The summed E-state index contributed by atoms with van der Waals surface area (Å²) in [5.41, 5.74) is 3.27. The molecule has 2 aliphatic rings. The molecule has 120 valence electrons. The van der Waals surface area contributed by atoms with Gasteiger partial charge in [-0.3, -0.25) is 14.4 Å². The third-order valence-corrected chi connectivity index (χ3v) is 4.72. The Hall–Kier alpha value is -2.05. The Kier molecular flexibility index (Phi) is 3.80. The first kappa shape index (κ1) is 14.9. The fourth-order valence-electron chi connectivity index (χ4n) is 3.28. The Balaban J connectivity index is 1.58. The average Bonchev–Trinajstić information content (AvgIpc) is 2.98. The van der Waals surface area contributed by atoms with E-state index in [1.807, 2.05) is 30.5 Å². The van der Waals surface area contributed by atoms with Crippen molar-refractivity contribution in [2.75, 3.05) is 26.2 Å². The van der Waals surface area contributed by atoms with Gasteiger partial charge in [0.2, 0.25) is 5.91 Å². The summed E-state index contributed by atoms with van der Waals surface area (Å²) in [5.74, 6) is 0.140. The van der Waals surface area contributed by atoms with Crippen molar-refractivity contribution in [2.24, 2.45) is 7.05 Å². The van der Waals surface area contributed by atoms with E-state index in [2.05, 4.69) is 5.10 Å². The SMILES string of the molecule is Cc1nn(C)c(C)c1CCC(=O)N1CCN2C(=O)OCC2C1. The molecule has 1 unspecified atom stereocenters. The molecule has 0 spiro atoms. The van der Waals surface area contributed by atoms with Crippen molar-refractivity contribution in [1.29, 1.82) is 0 Å². The molecular weight excluding hydrogens is 284 g/mol. The summed E-state index contributed by atoms with van der Waals surface area (Å²) in [6.45, 7) is 6.14. The van der Waals surface area contributed by atoms with Crippen molar-refractivity contribution in [3.05, 3.63) is 17.0 Å². The fraction of sp³-hybridized carbons (Fsp3) is 0.667.